The molecule has 4 aliphatic carbocycles. The number of amides is 5. The SMILES string of the molecule is C[C@]12C=CC(=O)C=C1CC[C@@H]1[C@@H]2[C@@H](O)C[C@@]2(C)[C@H]1C[C@H]1O[C@@H](c3ccn(Cc4ccc(COCNC(=O)CNC(=O)[C@H](Cc5ccccc5)NC(=O)CNC(=O)CNC(=O)CBr)cc4)c3)O[C@]12C(=O)COP(=O)(O)O. The molecule has 2 aromatic carbocycles. The fraction of sp³-hybridized carbons (Fsp3) is 0.481. The highest BCUT2D eigenvalue weighted by Crippen LogP contribution is 2.70. The molecule has 8 rings (SSSR count). The van der Waals surface area contributed by atoms with E-state index < -0.39 is 104 Å². The molecule has 5 aliphatic rings. The molecular weight excluding hydrogens is 1060 g/mol. The number of rotatable bonds is 22. The largest absolute Gasteiger partial charge is 0.470 e. The number of phosphoric ester groups is 1. The van der Waals surface area contributed by atoms with Gasteiger partial charge in [0.1, 0.15) is 19.4 Å². The number of hydrogen-bond donors (Lipinski definition) is 8. The smallest absolute Gasteiger partial charge is 0.393 e. The number of ether oxygens (including phenoxy) is 3. The quantitative estimate of drug-likeness (QED) is 0.0310. The average molecular weight is 1120 g/mol. The molecule has 10 atom stereocenters. The zero-order valence-electron chi connectivity index (χ0n) is 41.4. The number of nitrogens with one attached hydrogen (secondary N) is 5. The number of Topliss-reactive ketones (excluding diaryl/α,β-unsaturated/α-hetero) is 1. The van der Waals surface area contributed by atoms with Gasteiger partial charge in [-0.25, -0.2) is 4.57 Å². The molecule has 75 heavy (non-hydrogen) atoms. The fourth-order valence-corrected chi connectivity index (χ4v) is 12.5. The lowest BCUT2D eigenvalue weighted by molar-refractivity contribution is -0.200. The molecular formula is C52H62BrN6O15P. The van der Waals surface area contributed by atoms with Crippen LogP contribution in [-0.4, -0.2) is 123 Å². The summed E-state index contributed by atoms with van der Waals surface area (Å²) in [5.41, 5.74) is 0.875. The van der Waals surface area contributed by atoms with E-state index in [0.717, 1.165) is 22.3 Å². The monoisotopic (exact) mass is 1120 g/mol. The lowest BCUT2D eigenvalue weighted by Crippen LogP contribution is -2.63. The van der Waals surface area contributed by atoms with E-state index in [1.807, 2.05) is 60.3 Å². The van der Waals surface area contributed by atoms with Crippen LogP contribution in [0.25, 0.3) is 0 Å². The van der Waals surface area contributed by atoms with Gasteiger partial charge in [0, 0.05) is 47.7 Å². The van der Waals surface area contributed by atoms with Crippen molar-refractivity contribution in [2.24, 2.45) is 28.6 Å². The molecule has 402 valence electrons. The lowest BCUT2D eigenvalue weighted by Gasteiger charge is -2.59. The maximum atomic E-state index is 14.4. The van der Waals surface area contributed by atoms with Crippen molar-refractivity contribution in [1.82, 2.24) is 31.2 Å². The van der Waals surface area contributed by atoms with Crippen LogP contribution in [0.4, 0.5) is 0 Å². The highest BCUT2D eigenvalue weighted by atomic mass is 79.9. The number of allylic oxidation sites excluding steroid dienone is 4. The number of aliphatic hydroxyl groups is 1. The summed E-state index contributed by atoms with van der Waals surface area (Å²) in [4.78, 5) is 108. The minimum atomic E-state index is -5.04. The summed E-state index contributed by atoms with van der Waals surface area (Å²) in [6, 6.07) is 17.3. The van der Waals surface area contributed by atoms with Gasteiger partial charge in [-0.1, -0.05) is 96.0 Å². The molecule has 4 fully saturated rings. The van der Waals surface area contributed by atoms with E-state index in [9.17, 15) is 53.0 Å². The van der Waals surface area contributed by atoms with Crippen LogP contribution in [-0.2, 0) is 76.4 Å². The molecule has 23 heteroatoms. The highest BCUT2D eigenvalue weighted by molar-refractivity contribution is 9.09. The molecule has 5 amide bonds. The average Bonchev–Trinajstić information content (AvgIpc) is 4.10. The third-order valence-electron chi connectivity index (χ3n) is 15.5. The molecule has 8 N–H and O–H groups in total. The number of carbonyl (C=O) groups excluding carboxylic acids is 7. The molecule has 3 aromatic rings. The molecule has 1 aromatic heterocycles. The van der Waals surface area contributed by atoms with Gasteiger partial charge in [0.05, 0.1) is 43.8 Å². The zero-order chi connectivity index (χ0) is 53.7. The fourth-order valence-electron chi connectivity index (χ4n) is 12.0. The predicted octanol–water partition coefficient (Wildman–Crippen LogP) is 2.32. The molecule has 0 spiro atoms. The Balaban J connectivity index is 0.820. The number of benzene rings is 2. The van der Waals surface area contributed by atoms with Gasteiger partial charge in [0.2, 0.25) is 29.5 Å². The van der Waals surface area contributed by atoms with E-state index in [2.05, 4.69) is 49.4 Å². The topological polar surface area (TPSA) is 299 Å². The minimum absolute atomic E-state index is 0.0153. The number of aliphatic hydroxyl groups excluding tert-OH is 1. The van der Waals surface area contributed by atoms with E-state index in [4.69, 9.17) is 18.7 Å². The number of nitrogens with zero attached hydrogens (tertiary/aromatic N) is 1. The number of carbonyl (C=O) groups is 7. The van der Waals surface area contributed by atoms with Crippen LogP contribution in [0.2, 0.25) is 0 Å². The summed E-state index contributed by atoms with van der Waals surface area (Å²) in [6.45, 7) is 2.34. The zero-order valence-corrected chi connectivity index (χ0v) is 43.9. The van der Waals surface area contributed by atoms with Crippen molar-refractivity contribution in [1.29, 1.82) is 0 Å². The Hall–Kier alpha value is -5.68. The molecule has 0 unspecified atom stereocenters. The van der Waals surface area contributed by atoms with Crippen LogP contribution < -0.4 is 26.6 Å². The molecule has 3 saturated carbocycles. The summed E-state index contributed by atoms with van der Waals surface area (Å²) >= 11 is 2.98. The molecule has 1 aliphatic heterocycles. The van der Waals surface area contributed by atoms with E-state index in [-0.39, 0.29) is 61.6 Å². The van der Waals surface area contributed by atoms with Crippen LogP contribution in [0.1, 0.15) is 68.1 Å². The number of hydrogen-bond acceptors (Lipinski definition) is 13. The van der Waals surface area contributed by atoms with Crippen molar-refractivity contribution < 1.29 is 71.8 Å². The highest BCUT2D eigenvalue weighted by Gasteiger charge is 2.76. The first-order chi connectivity index (χ1) is 35.7. The Morgan fingerprint density at radius 3 is 2.32 bits per heavy atom. The van der Waals surface area contributed by atoms with Gasteiger partial charge >= 0.3 is 7.82 Å². The summed E-state index contributed by atoms with van der Waals surface area (Å²) < 4.78 is 37.6. The summed E-state index contributed by atoms with van der Waals surface area (Å²) in [5, 5.41) is 24.5. The number of alkyl halides is 1. The standard InChI is InChI=1S/C52H62BrN6O15P/c1-50-16-14-36(60)19-35(50)12-13-37-38-20-42-52(41(62)29-72-75(68,69)70,51(38,2)21-40(61)47(37)50)74-49(73-42)34-15-17-59(27-34)26-32-8-10-33(11-9-32)28-71-30-57-45(65)24-56-48(67)39(18-31-6-4-3-5-7-31)58-46(66)25-55-44(64)23-54-43(63)22-53/h3-11,14-17,19,27,37-40,42,47,49,61H,12-13,18,20-26,28-30H2,1-2H3,(H,54,63)(H,55,64)(H,56,67)(H,57,65)(H,58,66)(H2,68,69,70)/t37-,38-,39-,40-,42+,47+,49+,50-,51-,52+/m0/s1. The van der Waals surface area contributed by atoms with Gasteiger partial charge in [0.15, 0.2) is 23.5 Å². The Morgan fingerprint density at radius 1 is 0.893 bits per heavy atom. The number of halogens is 1. The Bertz CT molecular complexity index is 2770. The van der Waals surface area contributed by atoms with Crippen LogP contribution in [0, 0.1) is 28.6 Å². The Morgan fingerprint density at radius 2 is 1.59 bits per heavy atom. The first kappa shape index (κ1) is 55.5. The van der Waals surface area contributed by atoms with Crippen molar-refractivity contribution in [3.63, 3.8) is 0 Å². The van der Waals surface area contributed by atoms with Crippen molar-refractivity contribution in [2.45, 2.75) is 89.2 Å². The van der Waals surface area contributed by atoms with Crippen LogP contribution >= 0.6 is 23.8 Å². The van der Waals surface area contributed by atoms with E-state index in [1.54, 1.807) is 42.5 Å². The molecule has 0 bridgehead atoms. The van der Waals surface area contributed by atoms with Crippen LogP contribution in [0.3, 0.4) is 0 Å². The minimum Gasteiger partial charge on any atom is -0.393 e. The number of ketones is 2. The third-order valence-corrected chi connectivity index (χ3v) is 16.4. The van der Waals surface area contributed by atoms with Gasteiger partial charge in [-0.3, -0.25) is 38.1 Å². The second kappa shape index (κ2) is 23.3. The molecule has 2 heterocycles. The van der Waals surface area contributed by atoms with Crippen molar-refractivity contribution >= 4 is 64.9 Å². The van der Waals surface area contributed by atoms with Gasteiger partial charge < -0.3 is 60.3 Å². The summed E-state index contributed by atoms with van der Waals surface area (Å²) in [7, 11) is -5.04. The second-order valence-electron chi connectivity index (χ2n) is 20.2. The first-order valence-corrected chi connectivity index (χ1v) is 27.3. The molecule has 1 saturated heterocycles. The lowest BCUT2D eigenvalue weighted by atomic mass is 9.46. The third kappa shape index (κ3) is 12.5. The van der Waals surface area contributed by atoms with Gasteiger partial charge in [0.25, 0.3) is 0 Å². The van der Waals surface area contributed by atoms with E-state index >= 15 is 0 Å². The van der Waals surface area contributed by atoms with E-state index in [1.165, 1.54) is 0 Å². The maximum Gasteiger partial charge on any atom is 0.470 e. The van der Waals surface area contributed by atoms with Crippen LogP contribution in [0.5, 0.6) is 0 Å². The van der Waals surface area contributed by atoms with Crippen molar-refractivity contribution in [3.8, 4) is 0 Å². The second-order valence-corrected chi connectivity index (χ2v) is 22.0. The first-order valence-electron chi connectivity index (χ1n) is 24.7. The van der Waals surface area contributed by atoms with Crippen molar-refractivity contribution in [2.75, 3.05) is 38.3 Å². The summed E-state index contributed by atoms with van der Waals surface area (Å²) in [6.07, 6.45) is 8.14. The molecule has 21 nitrogen and oxygen atoms in total. The Labute approximate surface area is 441 Å². The van der Waals surface area contributed by atoms with Crippen molar-refractivity contribution in [3.05, 3.63) is 119 Å². The normalized spacial score (nSPS) is 27.9. The summed E-state index contributed by atoms with van der Waals surface area (Å²) in [5.74, 6) is -4.00. The van der Waals surface area contributed by atoms with Crippen LogP contribution in [0.15, 0.2) is 96.9 Å². The number of phosphoric acid groups is 1. The van der Waals surface area contributed by atoms with Gasteiger partial charge in [-0.05, 0) is 72.4 Å². The Kier molecular flexibility index (Phi) is 17.2. The van der Waals surface area contributed by atoms with E-state index in [0.29, 0.717) is 31.4 Å². The van der Waals surface area contributed by atoms with Gasteiger partial charge in [-0.2, -0.15) is 0 Å². The number of fused-ring (bicyclic) bond motifs is 7. The molecule has 0 radical (unpaired) electrons. The maximum absolute atomic E-state index is 14.4. The van der Waals surface area contributed by atoms with Gasteiger partial charge in [-0.15, -0.1) is 0 Å². The number of aromatic nitrogens is 1. The predicted molar refractivity (Wildman–Crippen MR) is 270 cm³/mol.